The summed E-state index contributed by atoms with van der Waals surface area (Å²) >= 11 is 0. The van der Waals surface area contributed by atoms with Crippen molar-refractivity contribution in [2.45, 2.75) is 59.9 Å². The van der Waals surface area contributed by atoms with E-state index < -0.39 is 17.9 Å². The Morgan fingerprint density at radius 1 is 1.02 bits per heavy atom. The van der Waals surface area contributed by atoms with Crippen LogP contribution in [0.5, 0.6) is 0 Å². The fourth-order valence-electron chi connectivity index (χ4n) is 7.37. The Morgan fingerprint density at radius 3 is 2.40 bits per heavy atom. The molecule has 4 atom stereocenters. The molecule has 1 unspecified atom stereocenters. The van der Waals surface area contributed by atoms with Crippen molar-refractivity contribution in [1.82, 2.24) is 15.0 Å². The molecule has 0 saturated carbocycles. The van der Waals surface area contributed by atoms with Gasteiger partial charge in [-0.2, -0.15) is 5.70 Å². The molecule has 1 aliphatic carbocycles. The molecule has 8 bridgehead atoms. The van der Waals surface area contributed by atoms with Gasteiger partial charge in [0.25, 0.3) is 0 Å². The van der Waals surface area contributed by atoms with Crippen LogP contribution in [0.25, 0.3) is 41.5 Å². The van der Waals surface area contributed by atoms with Gasteiger partial charge < -0.3 is 34.8 Å². The van der Waals surface area contributed by atoms with E-state index in [1.54, 1.807) is 13.0 Å². The van der Waals surface area contributed by atoms with E-state index in [0.29, 0.717) is 67.9 Å². The Balaban J connectivity index is 0.00000451. The number of nitrogens with zero attached hydrogens (tertiary/aromatic N) is 4. The molecule has 0 spiro atoms. The summed E-state index contributed by atoms with van der Waals surface area (Å²) in [6.07, 6.45) is 9.59. The number of Topliss-reactive ketones (excluding diaryl/α,β-unsaturated/α-hetero) is 1. The Hall–Kier alpha value is -4.22. The van der Waals surface area contributed by atoms with Crippen LogP contribution in [0, 0.1) is 31.6 Å². The van der Waals surface area contributed by atoms with Crippen LogP contribution in [0.4, 0.5) is 0 Å². The Bertz CT molecular complexity index is 2110. The van der Waals surface area contributed by atoms with Gasteiger partial charge in [0.2, 0.25) is 0 Å². The van der Waals surface area contributed by atoms with Crippen molar-refractivity contribution in [3.05, 3.63) is 83.8 Å². The number of methoxy groups -OCH3 is 1. The first-order valence-corrected chi connectivity index (χ1v) is 16.0. The molecule has 5 heterocycles. The summed E-state index contributed by atoms with van der Waals surface area (Å²) < 4.78 is 10.4. The molecule has 3 aliphatic rings. The summed E-state index contributed by atoms with van der Waals surface area (Å²) in [6.45, 7) is 13.9. The van der Waals surface area contributed by atoms with E-state index in [0.717, 1.165) is 28.6 Å². The maximum absolute atomic E-state index is 14.1. The molecular weight excluding hydrogens is 621 g/mol. The summed E-state index contributed by atoms with van der Waals surface area (Å²) in [7, 11) is 1.27. The largest absolute Gasteiger partial charge is 2.00 e. The zero-order valence-electron chi connectivity index (χ0n) is 28.2. The number of hydrogen-bond donors (Lipinski definition) is 1. The third-order valence-corrected chi connectivity index (χ3v) is 9.84. The number of carbonyl (C=O) groups is 3. The van der Waals surface area contributed by atoms with Gasteiger partial charge in [-0.3, -0.25) is 14.4 Å². The number of aliphatic hydroxyl groups excluding tert-OH is 1. The SMILES string of the molecule is C=Cc1c2[n-]c(c1C)/C=C1\[N-]C(C3=c4[n-]/c(c(C)c4C(=O)[C@@H]3C(=O)OC)=C/c3[n-]c(/c(=C/O)c3CC)=C/2)[C@@H](CCC(=O)OCC)[C@@H]1C.[Mg+2]. The van der Waals surface area contributed by atoms with Crippen LogP contribution >= 0.6 is 0 Å². The van der Waals surface area contributed by atoms with Gasteiger partial charge >= 0.3 is 35.0 Å². The van der Waals surface area contributed by atoms with E-state index >= 15 is 0 Å². The van der Waals surface area contributed by atoms with Gasteiger partial charge in [-0.05, 0) is 56.2 Å². The smallest absolute Gasteiger partial charge is 0.681 e. The van der Waals surface area contributed by atoms with Crippen molar-refractivity contribution >= 4 is 76.9 Å². The van der Waals surface area contributed by atoms with Gasteiger partial charge in [-0.1, -0.05) is 73.0 Å². The van der Waals surface area contributed by atoms with Gasteiger partial charge in [0.05, 0.1) is 20.0 Å². The van der Waals surface area contributed by atoms with Crippen molar-refractivity contribution in [3.63, 3.8) is 0 Å². The molecule has 2 aliphatic heterocycles. The summed E-state index contributed by atoms with van der Waals surface area (Å²) in [5.41, 5.74) is 6.73. The number of allylic oxidation sites excluding steroid dienone is 1. The molecule has 1 N–H and O–H groups in total. The third-order valence-electron chi connectivity index (χ3n) is 9.84. The number of aromatic nitrogens is 3. The zero-order chi connectivity index (χ0) is 33.7. The second-order valence-corrected chi connectivity index (χ2v) is 12.2. The monoisotopic (exact) mass is 658 g/mol. The molecule has 11 heteroatoms. The summed E-state index contributed by atoms with van der Waals surface area (Å²) in [5.74, 6) is -2.96. The molecule has 0 aromatic carbocycles. The molecule has 1 saturated heterocycles. The number of hydrogen-bond acceptors (Lipinski definition) is 6. The topological polar surface area (TPSA) is 146 Å². The number of ketones is 1. The molecular formula is C37H38MgN4O6-2. The van der Waals surface area contributed by atoms with Crippen LogP contribution in [0.15, 0.2) is 12.3 Å². The first kappa shape index (κ1) is 35.1. The second kappa shape index (κ2) is 13.7. The van der Waals surface area contributed by atoms with Crippen molar-refractivity contribution in [3.8, 4) is 0 Å². The molecule has 0 radical (unpaired) electrons. The molecule has 48 heavy (non-hydrogen) atoms. The Kier molecular flexibility index (Phi) is 10.0. The van der Waals surface area contributed by atoms with Gasteiger partial charge in [0.1, 0.15) is 5.92 Å². The van der Waals surface area contributed by atoms with Crippen molar-refractivity contribution < 1.29 is 29.0 Å². The standard InChI is InChI=1S/C37H38N4O6.Mg/c1-8-20-17(4)24-13-25-18(5)22(11-12-30(43)47-10-3)34(40-25)32-33(37(45)46-7)36(44)31-19(6)26(41-35(31)32)14-28-21(9-2)23(16-42)29(39-28)15-27(20)38-24;/h8,13-16,18,22,33-34H,1,9-12H2,2-7H3,(H,42,44);/q-4;+2/b25-13-,29-15+;/t18-,22-,33+,34?;/m0./s1. The average Bonchev–Trinajstić information content (AvgIpc) is 3.80. The first-order valence-electron chi connectivity index (χ1n) is 16.0. The predicted molar refractivity (Wildman–Crippen MR) is 184 cm³/mol. The quantitative estimate of drug-likeness (QED) is 0.228. The van der Waals surface area contributed by atoms with Crippen LogP contribution < -0.4 is 36.2 Å². The van der Waals surface area contributed by atoms with Gasteiger partial charge in [-0.15, -0.1) is 33.1 Å². The number of fused-ring (bicyclic) bond motifs is 8. The van der Waals surface area contributed by atoms with Crippen LogP contribution in [0.2, 0.25) is 0 Å². The fourth-order valence-corrected chi connectivity index (χ4v) is 7.37. The van der Waals surface area contributed by atoms with E-state index in [9.17, 15) is 19.5 Å². The molecule has 3 aromatic heterocycles. The molecule has 0 amide bonds. The van der Waals surface area contributed by atoms with Gasteiger partial charge in [0, 0.05) is 12.0 Å². The molecule has 246 valence electrons. The van der Waals surface area contributed by atoms with Crippen molar-refractivity contribution in [2.75, 3.05) is 13.7 Å². The predicted octanol–water partition coefficient (Wildman–Crippen LogP) is 1.80. The Labute approximate surface area is 294 Å². The summed E-state index contributed by atoms with van der Waals surface area (Å²) in [6, 6.07) is -0.624. The van der Waals surface area contributed by atoms with E-state index in [1.807, 2.05) is 45.9 Å². The van der Waals surface area contributed by atoms with Gasteiger partial charge in [-0.25, -0.2) is 0 Å². The molecule has 1 fully saturated rings. The van der Waals surface area contributed by atoms with E-state index in [-0.39, 0.29) is 59.7 Å². The van der Waals surface area contributed by atoms with Crippen LogP contribution in [-0.4, -0.2) is 65.6 Å². The summed E-state index contributed by atoms with van der Waals surface area (Å²) in [4.78, 5) is 54.8. The first-order chi connectivity index (χ1) is 22.6. The maximum Gasteiger partial charge on any atom is 2.00 e. The van der Waals surface area contributed by atoms with Crippen molar-refractivity contribution in [2.24, 2.45) is 17.8 Å². The van der Waals surface area contributed by atoms with E-state index in [4.69, 9.17) is 29.7 Å². The number of carbonyl (C=O) groups excluding carboxylic acids is 3. The molecule has 3 aromatic rings. The normalized spacial score (nSPS) is 23.6. The zero-order valence-corrected chi connectivity index (χ0v) is 29.6. The number of aliphatic hydroxyl groups is 1. The molecule has 10 nitrogen and oxygen atoms in total. The second-order valence-electron chi connectivity index (χ2n) is 12.2. The van der Waals surface area contributed by atoms with Crippen LogP contribution in [-0.2, 0) is 25.5 Å². The van der Waals surface area contributed by atoms with E-state index in [2.05, 4.69) is 6.58 Å². The average molecular weight is 659 g/mol. The van der Waals surface area contributed by atoms with Gasteiger partial charge in [0.15, 0.2) is 5.78 Å². The molecule has 6 rings (SSSR count). The third kappa shape index (κ3) is 5.56. The van der Waals surface area contributed by atoms with Crippen LogP contribution in [0.3, 0.4) is 0 Å². The van der Waals surface area contributed by atoms with Crippen LogP contribution in [0.1, 0.15) is 83.3 Å². The minimum atomic E-state index is -1.20. The number of ether oxygens (including phenoxy) is 2. The minimum Gasteiger partial charge on any atom is -0.681 e. The summed E-state index contributed by atoms with van der Waals surface area (Å²) in [5, 5.41) is 17.6. The Morgan fingerprint density at radius 2 is 1.75 bits per heavy atom. The number of rotatable bonds is 7. The van der Waals surface area contributed by atoms with Crippen molar-refractivity contribution in [1.29, 1.82) is 0 Å². The van der Waals surface area contributed by atoms with E-state index in [1.165, 1.54) is 7.11 Å². The number of esters is 2. The minimum absolute atomic E-state index is 0. The fraction of sp³-hybridized carbons (Fsp3) is 0.378. The maximum atomic E-state index is 14.1.